The van der Waals surface area contributed by atoms with Crippen LogP contribution in [0.25, 0.3) is 0 Å². The zero-order valence-corrected chi connectivity index (χ0v) is 16.1. The first kappa shape index (κ1) is 18.6. The molecule has 1 aliphatic heterocycles. The van der Waals surface area contributed by atoms with Gasteiger partial charge < -0.3 is 9.26 Å². The van der Waals surface area contributed by atoms with Crippen molar-refractivity contribution in [3.8, 4) is 0 Å². The quantitative estimate of drug-likeness (QED) is 0.517. The highest BCUT2D eigenvalue weighted by molar-refractivity contribution is 9.10. The van der Waals surface area contributed by atoms with Crippen molar-refractivity contribution >= 4 is 23.4 Å². The SMILES string of the molecule is COC[C@@H]1CCCN1P(=O)(OCC(C)(C)Br)C(C)(C)C. The minimum atomic E-state index is -2.91. The first-order valence-corrected chi connectivity index (χ1v) is 9.58. The molecule has 0 amide bonds. The average molecular weight is 370 g/mol. The lowest BCUT2D eigenvalue weighted by Crippen LogP contribution is -2.38. The van der Waals surface area contributed by atoms with Gasteiger partial charge in [0.25, 0.3) is 7.52 Å². The summed E-state index contributed by atoms with van der Waals surface area (Å²) >= 11 is 3.56. The van der Waals surface area contributed by atoms with E-state index in [4.69, 9.17) is 9.26 Å². The molecule has 6 heteroatoms. The number of hydrogen-bond donors (Lipinski definition) is 0. The van der Waals surface area contributed by atoms with E-state index in [-0.39, 0.29) is 10.4 Å². The fourth-order valence-electron chi connectivity index (χ4n) is 2.42. The predicted molar refractivity (Wildman–Crippen MR) is 87.9 cm³/mol. The lowest BCUT2D eigenvalue weighted by atomic mass is 10.2. The van der Waals surface area contributed by atoms with E-state index in [1.807, 2.05) is 34.6 Å². The van der Waals surface area contributed by atoms with Crippen molar-refractivity contribution in [1.29, 1.82) is 0 Å². The zero-order valence-electron chi connectivity index (χ0n) is 13.6. The van der Waals surface area contributed by atoms with Gasteiger partial charge in [0.15, 0.2) is 0 Å². The molecule has 0 radical (unpaired) electrons. The molecule has 1 fully saturated rings. The minimum absolute atomic E-state index is 0.176. The van der Waals surface area contributed by atoms with Gasteiger partial charge in [-0.05, 0) is 47.5 Å². The van der Waals surface area contributed by atoms with Crippen molar-refractivity contribution in [2.75, 3.05) is 26.9 Å². The van der Waals surface area contributed by atoms with Gasteiger partial charge >= 0.3 is 0 Å². The molecule has 1 heterocycles. The van der Waals surface area contributed by atoms with E-state index in [1.165, 1.54) is 0 Å². The Morgan fingerprint density at radius 2 is 1.90 bits per heavy atom. The molecule has 4 nitrogen and oxygen atoms in total. The minimum Gasteiger partial charge on any atom is -0.383 e. The molecule has 20 heavy (non-hydrogen) atoms. The third-order valence-electron chi connectivity index (χ3n) is 3.47. The first-order chi connectivity index (χ1) is 9.01. The van der Waals surface area contributed by atoms with E-state index < -0.39 is 12.7 Å². The Kier molecular flexibility index (Phi) is 6.32. The maximum atomic E-state index is 13.6. The molecule has 0 N–H and O–H groups in total. The maximum Gasteiger partial charge on any atom is 0.277 e. The van der Waals surface area contributed by atoms with Crippen LogP contribution in [-0.2, 0) is 13.8 Å². The normalized spacial score (nSPS) is 24.9. The molecule has 0 aliphatic carbocycles. The van der Waals surface area contributed by atoms with E-state index in [9.17, 15) is 4.57 Å². The number of halogens is 1. The predicted octanol–water partition coefficient (Wildman–Crippen LogP) is 4.28. The van der Waals surface area contributed by atoms with Crippen LogP contribution in [0.2, 0.25) is 0 Å². The molecule has 0 bridgehead atoms. The second kappa shape index (κ2) is 6.78. The highest BCUT2D eigenvalue weighted by Gasteiger charge is 2.48. The van der Waals surface area contributed by atoms with Gasteiger partial charge in [-0.3, -0.25) is 4.57 Å². The van der Waals surface area contributed by atoms with Crippen LogP contribution >= 0.6 is 23.4 Å². The van der Waals surface area contributed by atoms with Crippen LogP contribution in [0.15, 0.2) is 0 Å². The number of alkyl halides is 1. The molecular formula is C14H29BrNO3P. The van der Waals surface area contributed by atoms with E-state index in [1.54, 1.807) is 7.11 Å². The summed E-state index contributed by atoms with van der Waals surface area (Å²) in [6.07, 6.45) is 2.07. The van der Waals surface area contributed by atoms with Crippen molar-refractivity contribution in [3.05, 3.63) is 0 Å². The summed E-state index contributed by atoms with van der Waals surface area (Å²) in [6.45, 7) is 11.9. The Bertz CT molecular complexity index is 362. The zero-order chi connectivity index (χ0) is 15.6. The standard InChI is InChI=1S/C14H29BrNO3P/c1-13(2,3)20(17,19-11-14(4,5)15)16-9-7-8-12(16)10-18-6/h12H,7-11H2,1-6H3/t12-,20?/m0/s1. The second-order valence-corrected chi connectivity index (χ2v) is 12.4. The number of methoxy groups -OCH3 is 1. The lowest BCUT2D eigenvalue weighted by Gasteiger charge is -2.40. The Morgan fingerprint density at radius 1 is 1.30 bits per heavy atom. The molecule has 1 rings (SSSR count). The topological polar surface area (TPSA) is 38.8 Å². The van der Waals surface area contributed by atoms with Crippen molar-refractivity contribution in [1.82, 2.24) is 4.67 Å². The summed E-state index contributed by atoms with van der Waals surface area (Å²) in [6, 6.07) is 0.198. The molecule has 0 aromatic carbocycles. The summed E-state index contributed by atoms with van der Waals surface area (Å²) < 4.78 is 26.8. The summed E-state index contributed by atoms with van der Waals surface area (Å²) in [5.41, 5.74) is 0. The summed E-state index contributed by atoms with van der Waals surface area (Å²) in [5, 5.41) is -0.401. The van der Waals surface area contributed by atoms with E-state index in [0.29, 0.717) is 13.2 Å². The molecule has 0 saturated carbocycles. The van der Waals surface area contributed by atoms with Crippen LogP contribution in [0.1, 0.15) is 47.5 Å². The molecule has 1 aliphatic rings. The van der Waals surface area contributed by atoms with E-state index in [2.05, 4.69) is 20.6 Å². The van der Waals surface area contributed by atoms with Gasteiger partial charge in [-0.1, -0.05) is 15.9 Å². The van der Waals surface area contributed by atoms with Crippen molar-refractivity contribution in [2.45, 2.75) is 63.0 Å². The lowest BCUT2D eigenvalue weighted by molar-refractivity contribution is 0.134. The van der Waals surface area contributed by atoms with Crippen molar-refractivity contribution in [2.24, 2.45) is 0 Å². The highest BCUT2D eigenvalue weighted by atomic mass is 79.9. The fourth-order valence-corrected chi connectivity index (χ4v) is 5.54. The molecular weight excluding hydrogens is 341 g/mol. The third kappa shape index (κ3) is 4.54. The van der Waals surface area contributed by atoms with Gasteiger partial charge in [0, 0.05) is 24.0 Å². The third-order valence-corrected chi connectivity index (χ3v) is 7.08. The number of rotatable bonds is 6. The van der Waals surface area contributed by atoms with Gasteiger partial charge in [-0.25, -0.2) is 4.67 Å². The maximum absolute atomic E-state index is 13.6. The molecule has 1 unspecified atom stereocenters. The van der Waals surface area contributed by atoms with Crippen LogP contribution < -0.4 is 0 Å². The molecule has 0 spiro atoms. The van der Waals surface area contributed by atoms with Gasteiger partial charge in [0.05, 0.1) is 18.4 Å². The monoisotopic (exact) mass is 369 g/mol. The van der Waals surface area contributed by atoms with E-state index in [0.717, 1.165) is 19.4 Å². The van der Waals surface area contributed by atoms with Gasteiger partial charge in [-0.2, -0.15) is 0 Å². The van der Waals surface area contributed by atoms with Crippen LogP contribution in [0.4, 0.5) is 0 Å². The Hall–Kier alpha value is 0.590. The molecule has 2 atom stereocenters. The average Bonchev–Trinajstić information content (AvgIpc) is 2.72. The van der Waals surface area contributed by atoms with Gasteiger partial charge in [-0.15, -0.1) is 0 Å². The van der Waals surface area contributed by atoms with Crippen LogP contribution in [0, 0.1) is 0 Å². The number of nitrogens with zero attached hydrogens (tertiary/aromatic N) is 1. The highest BCUT2D eigenvalue weighted by Crippen LogP contribution is 2.64. The van der Waals surface area contributed by atoms with Crippen molar-refractivity contribution < 1.29 is 13.8 Å². The Balaban J connectivity index is 2.97. The molecule has 0 aromatic heterocycles. The summed E-state index contributed by atoms with van der Waals surface area (Å²) in [4.78, 5) is 0. The molecule has 1 saturated heterocycles. The summed E-state index contributed by atoms with van der Waals surface area (Å²) in [5.74, 6) is 0. The second-order valence-electron chi connectivity index (χ2n) is 7.10. The van der Waals surface area contributed by atoms with Crippen LogP contribution in [0.3, 0.4) is 0 Å². The van der Waals surface area contributed by atoms with Crippen LogP contribution in [0.5, 0.6) is 0 Å². The van der Waals surface area contributed by atoms with Gasteiger partial charge in [0.1, 0.15) is 0 Å². The number of ether oxygens (including phenoxy) is 1. The Labute approximate surface area is 132 Å². The molecule has 0 aromatic rings. The largest absolute Gasteiger partial charge is 0.383 e. The van der Waals surface area contributed by atoms with Crippen molar-refractivity contribution in [3.63, 3.8) is 0 Å². The van der Waals surface area contributed by atoms with Crippen LogP contribution in [-0.4, -0.2) is 47.1 Å². The molecule has 120 valence electrons. The fraction of sp³-hybridized carbons (Fsp3) is 1.00. The smallest absolute Gasteiger partial charge is 0.277 e. The number of hydrogen-bond acceptors (Lipinski definition) is 3. The van der Waals surface area contributed by atoms with Gasteiger partial charge in [0.2, 0.25) is 0 Å². The summed E-state index contributed by atoms with van der Waals surface area (Å²) in [7, 11) is -1.21. The first-order valence-electron chi connectivity index (χ1n) is 7.21. The Morgan fingerprint density at radius 3 is 2.35 bits per heavy atom. The van der Waals surface area contributed by atoms with E-state index >= 15 is 0 Å².